The zero-order valence-corrected chi connectivity index (χ0v) is 12.3. The van der Waals surface area contributed by atoms with Gasteiger partial charge in [0.2, 0.25) is 5.91 Å². The second kappa shape index (κ2) is 16.9. The third-order valence-electron chi connectivity index (χ3n) is 2.45. The number of rotatable bonds is 10. The van der Waals surface area contributed by atoms with Gasteiger partial charge in [-0.2, -0.15) is 0 Å². The van der Waals surface area contributed by atoms with Crippen molar-refractivity contribution in [3.8, 4) is 0 Å². The van der Waals surface area contributed by atoms with Gasteiger partial charge in [-0.1, -0.05) is 32.6 Å². The summed E-state index contributed by atoms with van der Waals surface area (Å²) >= 11 is 0. The van der Waals surface area contributed by atoms with Gasteiger partial charge >= 0.3 is 5.97 Å². The number of unbranched alkanes of at least 4 members (excludes halogenated alkanes) is 5. The van der Waals surface area contributed by atoms with Gasteiger partial charge in [-0.3, -0.25) is 9.59 Å². The summed E-state index contributed by atoms with van der Waals surface area (Å²) in [5.41, 5.74) is 0. The topological polar surface area (TPSA) is 86.6 Å². The highest BCUT2D eigenvalue weighted by molar-refractivity contribution is 5.72. The average Bonchev–Trinajstić information content (AvgIpc) is 2.34. The molecule has 0 aromatic rings. The smallest absolute Gasteiger partial charge is 0.303 e. The lowest BCUT2D eigenvalue weighted by molar-refractivity contribution is -0.137. The highest BCUT2D eigenvalue weighted by atomic mass is 16.4. The summed E-state index contributed by atoms with van der Waals surface area (Å²) < 4.78 is 0. The molecule has 5 nitrogen and oxygen atoms in total. The number of aliphatic hydroxyl groups excluding tert-OH is 1. The van der Waals surface area contributed by atoms with Crippen LogP contribution in [-0.2, 0) is 9.59 Å². The van der Waals surface area contributed by atoms with Crippen LogP contribution in [0.4, 0.5) is 0 Å². The molecule has 5 heteroatoms. The number of hydrogen-bond acceptors (Lipinski definition) is 3. The number of hydrogen-bond donors (Lipinski definition) is 3. The second-order valence-electron chi connectivity index (χ2n) is 4.47. The van der Waals surface area contributed by atoms with Gasteiger partial charge < -0.3 is 15.5 Å². The molecule has 0 aromatic carbocycles. The third kappa shape index (κ3) is 26.5. The van der Waals surface area contributed by atoms with Crippen molar-refractivity contribution in [2.45, 2.75) is 65.2 Å². The van der Waals surface area contributed by atoms with Gasteiger partial charge in [0.15, 0.2) is 0 Å². The fourth-order valence-corrected chi connectivity index (χ4v) is 1.38. The van der Waals surface area contributed by atoms with E-state index in [4.69, 9.17) is 10.2 Å². The Hall–Kier alpha value is -1.10. The zero-order chi connectivity index (χ0) is 14.9. The van der Waals surface area contributed by atoms with Crippen LogP contribution in [0.1, 0.15) is 65.2 Å². The lowest BCUT2D eigenvalue weighted by atomic mass is 10.2. The van der Waals surface area contributed by atoms with Crippen LogP contribution in [0, 0.1) is 0 Å². The van der Waals surface area contributed by atoms with Crippen molar-refractivity contribution >= 4 is 11.9 Å². The van der Waals surface area contributed by atoms with Gasteiger partial charge in [-0.05, 0) is 19.3 Å². The summed E-state index contributed by atoms with van der Waals surface area (Å²) in [5, 5.41) is 19.2. The van der Waals surface area contributed by atoms with Gasteiger partial charge in [0, 0.05) is 26.5 Å². The maximum absolute atomic E-state index is 10.4. The van der Waals surface area contributed by atoms with E-state index in [1.54, 1.807) is 0 Å². The third-order valence-corrected chi connectivity index (χ3v) is 2.45. The van der Waals surface area contributed by atoms with Crippen LogP contribution in [-0.4, -0.2) is 35.2 Å². The first-order valence-corrected chi connectivity index (χ1v) is 7.11. The van der Waals surface area contributed by atoms with Crippen LogP contribution >= 0.6 is 0 Å². The molecule has 1 amide bonds. The van der Waals surface area contributed by atoms with Crippen LogP contribution in [0.3, 0.4) is 0 Å². The van der Waals surface area contributed by atoms with Crippen molar-refractivity contribution in [2.75, 3.05) is 13.2 Å². The number of aliphatic carboxylic acids is 1. The minimum atomic E-state index is -0.755. The monoisotopic (exact) mass is 275 g/mol. The molecule has 0 unspecified atom stereocenters. The van der Waals surface area contributed by atoms with Gasteiger partial charge in [0.05, 0.1) is 0 Å². The maximum atomic E-state index is 10.4. The highest BCUT2D eigenvalue weighted by Gasteiger charge is 1.96. The quantitative estimate of drug-likeness (QED) is 0.534. The predicted molar refractivity (Wildman–Crippen MR) is 76.0 cm³/mol. The van der Waals surface area contributed by atoms with E-state index in [1.807, 2.05) is 0 Å². The summed E-state index contributed by atoms with van der Waals surface area (Å²) in [6.07, 6.45) is 7.30. The van der Waals surface area contributed by atoms with Gasteiger partial charge in [-0.25, -0.2) is 0 Å². The molecule has 0 aromatic heterocycles. The van der Waals surface area contributed by atoms with E-state index in [0.29, 0.717) is 19.6 Å². The van der Waals surface area contributed by atoms with Crippen LogP contribution in [0.5, 0.6) is 0 Å². The minimum absolute atomic E-state index is 0.0340. The Labute approximate surface area is 116 Å². The molecule has 114 valence electrons. The van der Waals surface area contributed by atoms with Crippen molar-refractivity contribution in [3.63, 3.8) is 0 Å². The van der Waals surface area contributed by atoms with E-state index < -0.39 is 5.97 Å². The van der Waals surface area contributed by atoms with Crippen molar-refractivity contribution in [3.05, 3.63) is 0 Å². The number of nitrogens with one attached hydrogen (secondary N) is 1. The summed E-state index contributed by atoms with van der Waals surface area (Å²) in [6, 6.07) is 0. The normalized spacial score (nSPS) is 9.42. The van der Waals surface area contributed by atoms with Crippen molar-refractivity contribution in [1.82, 2.24) is 5.32 Å². The molecular formula is C14H29NO4. The second-order valence-corrected chi connectivity index (χ2v) is 4.47. The summed E-state index contributed by atoms with van der Waals surface area (Å²) in [7, 11) is 0. The van der Waals surface area contributed by atoms with E-state index >= 15 is 0 Å². The Kier molecular flexibility index (Phi) is 18.0. The van der Waals surface area contributed by atoms with E-state index in [2.05, 4.69) is 12.2 Å². The molecule has 0 aliphatic heterocycles. The summed E-state index contributed by atoms with van der Waals surface area (Å²) in [4.78, 5) is 20.4. The average molecular weight is 275 g/mol. The number of carboxylic acids is 1. The molecule has 0 saturated carbocycles. The number of carbonyl (C=O) groups excluding carboxylic acids is 1. The first kappa shape index (κ1) is 20.2. The molecule has 0 bridgehead atoms. The Bertz CT molecular complexity index is 197. The number of amides is 1. The Balaban J connectivity index is 0. The largest absolute Gasteiger partial charge is 0.481 e. The minimum Gasteiger partial charge on any atom is -0.481 e. The number of aliphatic hydroxyl groups is 1. The van der Waals surface area contributed by atoms with Gasteiger partial charge in [0.25, 0.3) is 0 Å². The summed E-state index contributed by atoms with van der Waals surface area (Å²) in [6.45, 7) is 4.64. The number of carboxylic acid groups (broad SMARTS) is 1. The molecule has 0 fully saturated rings. The van der Waals surface area contributed by atoms with E-state index in [-0.39, 0.29) is 12.3 Å². The van der Waals surface area contributed by atoms with E-state index in [9.17, 15) is 9.59 Å². The predicted octanol–water partition coefficient (Wildman–Crippen LogP) is 2.33. The van der Waals surface area contributed by atoms with Crippen molar-refractivity contribution in [1.29, 1.82) is 0 Å². The van der Waals surface area contributed by atoms with Crippen LogP contribution in [0.25, 0.3) is 0 Å². The Morgan fingerprint density at radius 1 is 1.00 bits per heavy atom. The fourth-order valence-electron chi connectivity index (χ4n) is 1.38. The molecule has 0 heterocycles. The molecule has 19 heavy (non-hydrogen) atoms. The van der Waals surface area contributed by atoms with Crippen LogP contribution in [0.2, 0.25) is 0 Å². The van der Waals surface area contributed by atoms with E-state index in [0.717, 1.165) is 19.3 Å². The highest BCUT2D eigenvalue weighted by Crippen LogP contribution is 1.98. The van der Waals surface area contributed by atoms with Crippen LogP contribution < -0.4 is 5.32 Å². The first-order valence-electron chi connectivity index (χ1n) is 7.11. The lowest BCUT2D eigenvalue weighted by Crippen LogP contribution is -2.20. The van der Waals surface area contributed by atoms with Crippen molar-refractivity contribution in [2.24, 2.45) is 0 Å². The SMILES string of the molecule is CC(=O)NCCCCCC(=O)O.CCCCCCO. The fraction of sp³-hybridized carbons (Fsp3) is 0.857. The molecular weight excluding hydrogens is 246 g/mol. The molecule has 0 spiro atoms. The van der Waals surface area contributed by atoms with Crippen molar-refractivity contribution < 1.29 is 19.8 Å². The lowest BCUT2D eigenvalue weighted by Gasteiger charge is -2.00. The number of carbonyl (C=O) groups is 2. The Morgan fingerprint density at radius 2 is 1.63 bits per heavy atom. The zero-order valence-electron chi connectivity index (χ0n) is 12.3. The maximum Gasteiger partial charge on any atom is 0.303 e. The van der Waals surface area contributed by atoms with Gasteiger partial charge in [-0.15, -0.1) is 0 Å². The van der Waals surface area contributed by atoms with Crippen LogP contribution in [0.15, 0.2) is 0 Å². The molecule has 0 aliphatic rings. The molecule has 0 rings (SSSR count). The Morgan fingerprint density at radius 3 is 2.11 bits per heavy atom. The standard InChI is InChI=1S/C8H15NO3.C6H14O/c1-7(10)9-6-4-2-3-5-8(11)12;1-2-3-4-5-6-7/h2-6H2,1H3,(H,9,10)(H,11,12);7H,2-6H2,1H3. The molecule has 3 N–H and O–H groups in total. The molecule has 0 radical (unpaired) electrons. The molecule has 0 atom stereocenters. The molecule has 0 saturated heterocycles. The summed E-state index contributed by atoms with van der Waals surface area (Å²) in [5.74, 6) is -0.789. The van der Waals surface area contributed by atoms with Gasteiger partial charge in [0.1, 0.15) is 0 Å². The van der Waals surface area contributed by atoms with E-state index in [1.165, 1.54) is 26.2 Å². The first-order chi connectivity index (χ1) is 9.04. The molecule has 0 aliphatic carbocycles.